The number of para-hydroxylation sites is 1. The molecule has 0 bridgehead atoms. The number of hydrogen-bond acceptors (Lipinski definition) is 3. The van der Waals surface area contributed by atoms with Crippen LogP contribution in [0.15, 0.2) is 59.5 Å². The van der Waals surface area contributed by atoms with Crippen molar-refractivity contribution < 1.29 is 13.2 Å². The minimum absolute atomic E-state index is 0.229. The van der Waals surface area contributed by atoms with Crippen molar-refractivity contribution in [2.45, 2.75) is 30.7 Å². The van der Waals surface area contributed by atoms with Crippen molar-refractivity contribution >= 4 is 21.6 Å². The van der Waals surface area contributed by atoms with Crippen molar-refractivity contribution in [3.8, 4) is 0 Å². The fraction of sp³-hybridized carbons (Fsp3) is 0.278. The first-order chi connectivity index (χ1) is 11.5. The van der Waals surface area contributed by atoms with Crippen LogP contribution < -0.4 is 5.32 Å². The Morgan fingerprint density at radius 2 is 1.75 bits per heavy atom. The van der Waals surface area contributed by atoms with Crippen LogP contribution in [0.4, 0.5) is 5.69 Å². The molecule has 0 aromatic heterocycles. The van der Waals surface area contributed by atoms with Gasteiger partial charge in [-0.05, 0) is 44.0 Å². The maximum Gasteiger partial charge on any atom is 0.243 e. The van der Waals surface area contributed by atoms with Gasteiger partial charge in [-0.25, -0.2) is 8.42 Å². The molecule has 1 atom stereocenters. The fourth-order valence-corrected chi connectivity index (χ4v) is 4.54. The number of nitrogens with zero attached hydrogens (tertiary/aromatic N) is 1. The standard InChI is InChI=1S/C18H20N2O3S/c1-14-9-11-16(12-10-14)24(22,23)20-13-5-8-17(20)18(21)19-15-6-3-2-4-7-15/h2-4,6-7,9-12,17H,5,8,13H2,1H3,(H,19,21)/t17-/m1/s1. The minimum Gasteiger partial charge on any atom is -0.325 e. The van der Waals surface area contributed by atoms with Crippen LogP contribution in [0.5, 0.6) is 0 Å². The molecule has 1 aliphatic heterocycles. The largest absolute Gasteiger partial charge is 0.325 e. The third-order valence-corrected chi connectivity index (χ3v) is 6.10. The number of amides is 1. The number of carbonyl (C=O) groups excluding carboxylic acids is 1. The average Bonchev–Trinajstić information content (AvgIpc) is 3.07. The monoisotopic (exact) mass is 344 g/mol. The molecule has 0 saturated carbocycles. The molecule has 24 heavy (non-hydrogen) atoms. The number of sulfonamides is 1. The van der Waals surface area contributed by atoms with Gasteiger partial charge in [-0.1, -0.05) is 35.9 Å². The summed E-state index contributed by atoms with van der Waals surface area (Å²) in [6, 6.07) is 15.1. The van der Waals surface area contributed by atoms with Crippen LogP contribution in [0, 0.1) is 6.92 Å². The van der Waals surface area contributed by atoms with Crippen molar-refractivity contribution in [1.82, 2.24) is 4.31 Å². The van der Waals surface area contributed by atoms with E-state index in [1.165, 1.54) is 4.31 Å². The Morgan fingerprint density at radius 1 is 1.08 bits per heavy atom. The average molecular weight is 344 g/mol. The van der Waals surface area contributed by atoms with E-state index in [0.717, 1.165) is 5.56 Å². The first-order valence-electron chi connectivity index (χ1n) is 7.93. The number of benzene rings is 2. The zero-order chi connectivity index (χ0) is 17.2. The Bertz CT molecular complexity index is 817. The van der Waals surface area contributed by atoms with Crippen LogP contribution in [0.3, 0.4) is 0 Å². The number of anilines is 1. The summed E-state index contributed by atoms with van der Waals surface area (Å²) < 4.78 is 27.0. The Hall–Kier alpha value is -2.18. The van der Waals surface area contributed by atoms with Crippen LogP contribution in [0.1, 0.15) is 18.4 Å². The Labute approximate surface area is 142 Å². The molecule has 1 aliphatic rings. The molecule has 1 fully saturated rings. The van der Waals surface area contributed by atoms with E-state index in [1.54, 1.807) is 36.4 Å². The number of nitrogens with one attached hydrogen (secondary N) is 1. The molecule has 2 aromatic carbocycles. The lowest BCUT2D eigenvalue weighted by Crippen LogP contribution is -2.43. The summed E-state index contributed by atoms with van der Waals surface area (Å²) in [5, 5.41) is 2.80. The van der Waals surface area contributed by atoms with Crippen molar-refractivity contribution in [2.24, 2.45) is 0 Å². The molecule has 5 nitrogen and oxygen atoms in total. The van der Waals surface area contributed by atoms with E-state index in [2.05, 4.69) is 5.32 Å². The van der Waals surface area contributed by atoms with E-state index >= 15 is 0 Å². The molecular formula is C18H20N2O3S. The van der Waals surface area contributed by atoms with Crippen molar-refractivity contribution in [3.63, 3.8) is 0 Å². The molecule has 3 rings (SSSR count). The van der Waals surface area contributed by atoms with Gasteiger partial charge in [-0.2, -0.15) is 4.31 Å². The second-order valence-electron chi connectivity index (χ2n) is 5.94. The minimum atomic E-state index is -3.67. The normalized spacial score (nSPS) is 18.5. The highest BCUT2D eigenvalue weighted by molar-refractivity contribution is 7.89. The molecule has 1 heterocycles. The van der Waals surface area contributed by atoms with E-state index in [4.69, 9.17) is 0 Å². The van der Waals surface area contributed by atoms with Gasteiger partial charge in [0.05, 0.1) is 4.90 Å². The molecule has 6 heteroatoms. The summed E-state index contributed by atoms with van der Waals surface area (Å²) in [6.45, 7) is 2.27. The fourth-order valence-electron chi connectivity index (χ4n) is 2.88. The molecule has 0 unspecified atom stereocenters. The Morgan fingerprint density at radius 3 is 2.42 bits per heavy atom. The van der Waals surface area contributed by atoms with Gasteiger partial charge in [-0.3, -0.25) is 4.79 Å². The molecular weight excluding hydrogens is 324 g/mol. The van der Waals surface area contributed by atoms with E-state index < -0.39 is 16.1 Å². The van der Waals surface area contributed by atoms with Crippen LogP contribution in [0.25, 0.3) is 0 Å². The lowest BCUT2D eigenvalue weighted by molar-refractivity contribution is -0.119. The summed E-state index contributed by atoms with van der Waals surface area (Å²) in [5.41, 5.74) is 1.66. The molecule has 126 valence electrons. The number of hydrogen-bond donors (Lipinski definition) is 1. The second kappa shape index (κ2) is 6.75. The van der Waals surface area contributed by atoms with Crippen LogP contribution in [0.2, 0.25) is 0 Å². The van der Waals surface area contributed by atoms with E-state index in [0.29, 0.717) is 25.1 Å². The molecule has 1 saturated heterocycles. The zero-order valence-electron chi connectivity index (χ0n) is 13.5. The predicted octanol–water partition coefficient (Wildman–Crippen LogP) is 2.79. The molecule has 1 N–H and O–H groups in total. The predicted molar refractivity (Wildman–Crippen MR) is 93.2 cm³/mol. The van der Waals surface area contributed by atoms with Gasteiger partial charge in [0.25, 0.3) is 0 Å². The van der Waals surface area contributed by atoms with Crippen molar-refractivity contribution in [1.29, 1.82) is 0 Å². The van der Waals surface area contributed by atoms with E-state index in [-0.39, 0.29) is 10.8 Å². The summed E-state index contributed by atoms with van der Waals surface area (Å²) in [6.07, 6.45) is 1.21. The van der Waals surface area contributed by atoms with Gasteiger partial charge >= 0.3 is 0 Å². The number of carbonyl (C=O) groups is 1. The lowest BCUT2D eigenvalue weighted by atomic mass is 10.2. The quantitative estimate of drug-likeness (QED) is 0.927. The summed E-state index contributed by atoms with van der Waals surface area (Å²) in [4.78, 5) is 12.8. The number of rotatable bonds is 4. The number of aryl methyl sites for hydroxylation is 1. The Balaban J connectivity index is 1.82. The highest BCUT2D eigenvalue weighted by Crippen LogP contribution is 2.27. The molecule has 0 spiro atoms. The molecule has 1 amide bonds. The van der Waals surface area contributed by atoms with Crippen molar-refractivity contribution in [2.75, 3.05) is 11.9 Å². The zero-order valence-corrected chi connectivity index (χ0v) is 14.3. The Kier molecular flexibility index (Phi) is 4.69. The highest BCUT2D eigenvalue weighted by atomic mass is 32.2. The maximum absolute atomic E-state index is 12.9. The summed E-state index contributed by atoms with van der Waals surface area (Å²) in [5.74, 6) is -0.283. The van der Waals surface area contributed by atoms with E-state index in [1.807, 2.05) is 25.1 Å². The summed E-state index contributed by atoms with van der Waals surface area (Å²) in [7, 11) is -3.67. The molecule has 0 aliphatic carbocycles. The van der Waals surface area contributed by atoms with Gasteiger partial charge in [0.1, 0.15) is 6.04 Å². The van der Waals surface area contributed by atoms with Crippen molar-refractivity contribution in [3.05, 3.63) is 60.2 Å². The smallest absolute Gasteiger partial charge is 0.243 e. The van der Waals surface area contributed by atoms with Gasteiger partial charge < -0.3 is 5.32 Å². The second-order valence-corrected chi connectivity index (χ2v) is 7.83. The van der Waals surface area contributed by atoms with Gasteiger partial charge in [0.2, 0.25) is 15.9 Å². The maximum atomic E-state index is 12.9. The van der Waals surface area contributed by atoms with Crippen LogP contribution in [-0.4, -0.2) is 31.2 Å². The lowest BCUT2D eigenvalue weighted by Gasteiger charge is -2.23. The highest BCUT2D eigenvalue weighted by Gasteiger charge is 2.39. The SMILES string of the molecule is Cc1ccc(S(=O)(=O)N2CCC[C@@H]2C(=O)Nc2ccccc2)cc1. The third kappa shape index (κ3) is 3.34. The first-order valence-corrected chi connectivity index (χ1v) is 9.37. The topological polar surface area (TPSA) is 66.5 Å². The third-order valence-electron chi connectivity index (χ3n) is 4.18. The van der Waals surface area contributed by atoms with Gasteiger partial charge in [0, 0.05) is 12.2 Å². The van der Waals surface area contributed by atoms with Crippen LogP contribution >= 0.6 is 0 Å². The van der Waals surface area contributed by atoms with Crippen LogP contribution in [-0.2, 0) is 14.8 Å². The summed E-state index contributed by atoms with van der Waals surface area (Å²) >= 11 is 0. The van der Waals surface area contributed by atoms with Gasteiger partial charge in [0.15, 0.2) is 0 Å². The molecule has 2 aromatic rings. The van der Waals surface area contributed by atoms with Gasteiger partial charge in [-0.15, -0.1) is 0 Å². The first kappa shape index (κ1) is 16.7. The van der Waals surface area contributed by atoms with E-state index in [9.17, 15) is 13.2 Å². The molecule has 0 radical (unpaired) electrons.